The Balaban J connectivity index is 1.56. The Bertz CT molecular complexity index is 1320. The number of carbonyl (C=O) groups excluding carboxylic acids is 1. The molecular weight excluding hydrogens is 494 g/mol. The van der Waals surface area contributed by atoms with Gasteiger partial charge < -0.3 is 24.8 Å². The number of nitrogens with zero attached hydrogens (tertiary/aromatic N) is 3. The molecule has 2 N–H and O–H groups in total. The Morgan fingerprint density at radius 2 is 1.92 bits per heavy atom. The van der Waals surface area contributed by atoms with E-state index < -0.39 is 0 Å². The molecule has 8 heteroatoms. The maximum atomic E-state index is 12.1. The summed E-state index contributed by atoms with van der Waals surface area (Å²) in [5.74, 6) is -0.176. The lowest BCUT2D eigenvalue weighted by molar-refractivity contribution is -0.119. The fourth-order valence-electron chi connectivity index (χ4n) is 6.21. The summed E-state index contributed by atoms with van der Waals surface area (Å²) < 4.78 is 7.52. The second kappa shape index (κ2) is 11.3. The van der Waals surface area contributed by atoms with Crippen LogP contribution in [0.4, 0.5) is 11.4 Å². The zero-order valence-corrected chi connectivity index (χ0v) is 23.5. The van der Waals surface area contributed by atoms with Crippen molar-refractivity contribution in [1.82, 2.24) is 14.9 Å². The van der Waals surface area contributed by atoms with E-state index in [0.717, 1.165) is 22.6 Å². The van der Waals surface area contributed by atoms with Crippen LogP contribution in [0.3, 0.4) is 0 Å². The number of hydrogen-bond acceptors (Lipinski definition) is 4. The second-order valence-corrected chi connectivity index (χ2v) is 10.9. The molecule has 1 aliphatic carbocycles. The van der Waals surface area contributed by atoms with Gasteiger partial charge >= 0.3 is 0 Å². The maximum absolute atomic E-state index is 12.1. The number of anilines is 2. The van der Waals surface area contributed by atoms with E-state index in [1.165, 1.54) is 56.2 Å². The van der Waals surface area contributed by atoms with E-state index >= 15 is 0 Å². The molecule has 0 spiro atoms. The summed E-state index contributed by atoms with van der Waals surface area (Å²) in [6, 6.07) is 14.8. The lowest BCUT2D eigenvalue weighted by atomic mass is 9.94. The largest absolute Gasteiger partial charge is 0.375 e. The van der Waals surface area contributed by atoms with Gasteiger partial charge in [0.05, 0.1) is 17.8 Å². The third-order valence-corrected chi connectivity index (χ3v) is 8.23. The number of pyridine rings is 1. The van der Waals surface area contributed by atoms with Crippen LogP contribution in [0.15, 0.2) is 48.7 Å². The first-order chi connectivity index (χ1) is 18.4. The van der Waals surface area contributed by atoms with Gasteiger partial charge in [-0.1, -0.05) is 25.3 Å². The fourth-order valence-corrected chi connectivity index (χ4v) is 6.55. The Hall–Kier alpha value is -3.23. The highest BCUT2D eigenvalue weighted by atomic mass is 32.1. The van der Waals surface area contributed by atoms with Crippen LogP contribution in [0.5, 0.6) is 0 Å². The maximum Gasteiger partial charge on any atom is 0.250 e. The van der Waals surface area contributed by atoms with Gasteiger partial charge in [-0.2, -0.15) is 0 Å². The molecule has 3 aromatic rings. The first-order valence-electron chi connectivity index (χ1n) is 13.5. The molecule has 1 aliphatic heterocycles. The average molecular weight is 532 g/mol. The van der Waals surface area contributed by atoms with Crippen molar-refractivity contribution in [2.45, 2.75) is 71.0 Å². The van der Waals surface area contributed by atoms with Gasteiger partial charge in [0, 0.05) is 42.1 Å². The molecule has 1 amide bonds. The van der Waals surface area contributed by atoms with Crippen molar-refractivity contribution in [3.63, 3.8) is 0 Å². The first kappa shape index (κ1) is 26.4. The molecule has 0 bridgehead atoms. The molecule has 7 nitrogen and oxygen atoms in total. The summed E-state index contributed by atoms with van der Waals surface area (Å²) in [6.07, 6.45) is 8.23. The van der Waals surface area contributed by atoms with E-state index in [4.69, 9.17) is 21.9 Å². The SMILES string of the molecule is COCC(=O)Nc1ccc(N2C(=S)N[C@H](c3ccccn3)[C@@H]2c2cc(C)n(C3CCCCC3)c2C)cc1C. The predicted octanol–water partition coefficient (Wildman–Crippen LogP) is 6.08. The Morgan fingerprint density at radius 1 is 1.13 bits per heavy atom. The van der Waals surface area contributed by atoms with Gasteiger partial charge in [-0.05, 0) is 93.4 Å². The van der Waals surface area contributed by atoms with E-state index in [0.29, 0.717) is 11.2 Å². The van der Waals surface area contributed by atoms with Crippen molar-refractivity contribution in [2.24, 2.45) is 0 Å². The van der Waals surface area contributed by atoms with Crippen LogP contribution in [0.2, 0.25) is 0 Å². The van der Waals surface area contributed by atoms with Crippen LogP contribution in [0, 0.1) is 20.8 Å². The number of nitrogens with one attached hydrogen (secondary N) is 2. The van der Waals surface area contributed by atoms with Crippen LogP contribution in [-0.4, -0.2) is 34.3 Å². The normalized spacial score (nSPS) is 20.0. The van der Waals surface area contributed by atoms with Gasteiger partial charge in [-0.15, -0.1) is 0 Å². The second-order valence-electron chi connectivity index (χ2n) is 10.5. The topological polar surface area (TPSA) is 71.4 Å². The monoisotopic (exact) mass is 531 g/mol. The van der Waals surface area contributed by atoms with Crippen LogP contribution >= 0.6 is 12.2 Å². The molecule has 2 aliphatic rings. The van der Waals surface area contributed by atoms with Crippen molar-refractivity contribution < 1.29 is 9.53 Å². The van der Waals surface area contributed by atoms with Gasteiger partial charge in [-0.3, -0.25) is 9.78 Å². The highest BCUT2D eigenvalue weighted by molar-refractivity contribution is 7.80. The molecule has 200 valence electrons. The number of carbonyl (C=O) groups is 1. The van der Waals surface area contributed by atoms with E-state index in [1.807, 2.05) is 37.4 Å². The minimum Gasteiger partial charge on any atom is -0.375 e. The predicted molar refractivity (Wildman–Crippen MR) is 156 cm³/mol. The summed E-state index contributed by atoms with van der Waals surface area (Å²) in [7, 11) is 1.51. The van der Waals surface area contributed by atoms with E-state index in [1.54, 1.807) is 0 Å². The quantitative estimate of drug-likeness (QED) is 0.360. The number of amides is 1. The Labute approximate surface area is 230 Å². The molecule has 2 aromatic heterocycles. The Morgan fingerprint density at radius 3 is 2.61 bits per heavy atom. The number of benzene rings is 1. The van der Waals surface area contributed by atoms with Crippen molar-refractivity contribution in [3.8, 4) is 0 Å². The third kappa shape index (κ3) is 5.07. The summed E-state index contributed by atoms with van der Waals surface area (Å²) in [4.78, 5) is 19.0. The number of hydrogen-bond donors (Lipinski definition) is 2. The van der Waals surface area contributed by atoms with Gasteiger partial charge in [0.1, 0.15) is 6.61 Å². The number of aromatic nitrogens is 2. The summed E-state index contributed by atoms with van der Waals surface area (Å²) >= 11 is 5.96. The van der Waals surface area contributed by atoms with Crippen LogP contribution in [0.1, 0.15) is 78.4 Å². The van der Waals surface area contributed by atoms with Crippen molar-refractivity contribution >= 4 is 34.6 Å². The van der Waals surface area contributed by atoms with Crippen LogP contribution in [0.25, 0.3) is 0 Å². The number of aryl methyl sites for hydroxylation is 2. The Kier molecular flexibility index (Phi) is 7.81. The molecule has 1 saturated carbocycles. The van der Waals surface area contributed by atoms with Crippen molar-refractivity contribution in [3.05, 3.63) is 76.9 Å². The first-order valence-corrected chi connectivity index (χ1v) is 13.9. The number of methoxy groups -OCH3 is 1. The minimum atomic E-state index is -0.176. The van der Waals surface area contributed by atoms with Crippen molar-refractivity contribution in [2.75, 3.05) is 23.9 Å². The van der Waals surface area contributed by atoms with Crippen LogP contribution < -0.4 is 15.5 Å². The fraction of sp³-hybridized carbons (Fsp3) is 0.433. The molecule has 3 heterocycles. The van der Waals surface area contributed by atoms with Gasteiger partial charge in [0.25, 0.3) is 0 Å². The molecule has 0 unspecified atom stereocenters. The molecule has 2 atom stereocenters. The lowest BCUT2D eigenvalue weighted by Crippen LogP contribution is -2.30. The van der Waals surface area contributed by atoms with E-state index in [9.17, 15) is 4.79 Å². The van der Waals surface area contributed by atoms with Crippen LogP contribution in [-0.2, 0) is 9.53 Å². The van der Waals surface area contributed by atoms with E-state index in [2.05, 4.69) is 52.1 Å². The smallest absolute Gasteiger partial charge is 0.250 e. The summed E-state index contributed by atoms with van der Waals surface area (Å²) in [6.45, 7) is 6.50. The molecule has 2 fully saturated rings. The molecule has 38 heavy (non-hydrogen) atoms. The molecule has 1 aromatic carbocycles. The molecule has 5 rings (SSSR count). The summed E-state index contributed by atoms with van der Waals surface area (Å²) in [5, 5.41) is 7.18. The molecular formula is C30H37N5O2S. The highest BCUT2D eigenvalue weighted by Crippen LogP contribution is 2.45. The molecule has 0 radical (unpaired) electrons. The summed E-state index contributed by atoms with van der Waals surface area (Å²) in [5.41, 5.74) is 7.54. The van der Waals surface area contributed by atoms with Gasteiger partial charge in [-0.25, -0.2) is 0 Å². The minimum absolute atomic E-state index is 0.0196. The standard InChI is InChI=1S/C30H37N5O2S/c1-19-16-23(13-14-25(19)32-27(36)18-37-4)35-29(28(33-30(35)38)26-12-8-9-15-31-26)24-17-20(2)34(21(24)3)22-10-6-5-7-11-22/h8-9,12-17,22,28-29H,5-7,10-11,18H2,1-4H3,(H,32,36)(H,33,38)/t28-,29+/m1/s1. The third-order valence-electron chi connectivity index (χ3n) is 7.92. The van der Waals surface area contributed by atoms with Crippen molar-refractivity contribution in [1.29, 1.82) is 0 Å². The zero-order valence-electron chi connectivity index (χ0n) is 22.7. The zero-order chi connectivity index (χ0) is 26.8. The van der Waals surface area contributed by atoms with E-state index in [-0.39, 0.29) is 24.6 Å². The highest BCUT2D eigenvalue weighted by Gasteiger charge is 2.42. The molecule has 1 saturated heterocycles. The van der Waals surface area contributed by atoms with Gasteiger partial charge in [0.2, 0.25) is 5.91 Å². The number of rotatable bonds is 7. The number of thiocarbonyl (C=S) groups is 1. The average Bonchev–Trinajstić information content (AvgIpc) is 3.41. The lowest BCUT2D eigenvalue weighted by Gasteiger charge is -2.30. The van der Waals surface area contributed by atoms with Gasteiger partial charge in [0.15, 0.2) is 5.11 Å². The number of ether oxygens (including phenoxy) is 1.